The van der Waals surface area contributed by atoms with Crippen molar-refractivity contribution < 1.29 is 54.5 Å². The molecule has 0 saturated heterocycles. The Morgan fingerprint density at radius 2 is 0.793 bits per heavy atom. The van der Waals surface area contributed by atoms with Gasteiger partial charge in [-0.25, -0.2) is 12.7 Å². The van der Waals surface area contributed by atoms with E-state index in [1.807, 2.05) is 25.1 Å². The highest BCUT2D eigenvalue weighted by Crippen LogP contribution is 2.50. The van der Waals surface area contributed by atoms with Crippen molar-refractivity contribution in [2.45, 2.75) is 269 Å². The zero-order chi connectivity index (χ0) is 66.1. The van der Waals surface area contributed by atoms with Gasteiger partial charge in [-0.05, 0) is 116 Å². The molecule has 14 nitrogen and oxygen atoms in total. The molecule has 512 valence electrons. The minimum absolute atomic E-state index is 0.238. The molecule has 1 N–H and O–H groups in total. The summed E-state index contributed by atoms with van der Waals surface area (Å²) in [4.78, 5) is 32.2. The van der Waals surface area contributed by atoms with E-state index in [-0.39, 0.29) is 4.90 Å². The summed E-state index contributed by atoms with van der Waals surface area (Å²) in [5.41, 5.74) is 2.63. The number of allylic oxidation sites excluding steroid dienone is 2. The summed E-state index contributed by atoms with van der Waals surface area (Å²) in [6.07, 6.45) is 37.9. The van der Waals surface area contributed by atoms with E-state index in [1.165, 1.54) is 271 Å². The van der Waals surface area contributed by atoms with E-state index in [4.69, 9.17) is 0 Å². The molecular formula is C70H137N5O9P2S. The number of nitrogens with zero attached hydrogens (tertiary/aromatic N) is 4. The van der Waals surface area contributed by atoms with E-state index < -0.39 is 32.3 Å². The van der Waals surface area contributed by atoms with Crippen molar-refractivity contribution in [2.75, 3.05) is 111 Å². The second-order valence-corrected chi connectivity index (χ2v) is 30.0. The van der Waals surface area contributed by atoms with E-state index in [0.717, 1.165) is 22.2 Å². The third-order valence-corrected chi connectivity index (χ3v) is 20.9. The second-order valence-electron chi connectivity index (χ2n) is 25.2. The highest BCUT2D eigenvalue weighted by atomic mass is 32.2. The van der Waals surface area contributed by atoms with Crippen LogP contribution < -0.4 is 20.0 Å². The quantitative estimate of drug-likeness (QED) is 0.0382. The lowest BCUT2D eigenvalue weighted by Crippen LogP contribution is -2.50. The number of quaternary nitrogens is 3. The molecular weight excluding hydrogens is 1150 g/mol. The molecule has 0 fully saturated rings. The molecule has 1 unspecified atom stereocenters. The second kappa shape index (κ2) is 51.5. The first-order valence-corrected chi connectivity index (χ1v) is 39.4. The zero-order valence-corrected chi connectivity index (χ0v) is 61.8. The molecule has 0 aliphatic carbocycles. The number of phosphoric acid groups is 2. The van der Waals surface area contributed by atoms with Crippen LogP contribution in [0.4, 0.5) is 5.69 Å². The lowest BCUT2D eigenvalue weighted by Gasteiger charge is -2.39. The fourth-order valence-electron chi connectivity index (χ4n) is 11.2. The maximum Gasteiger partial charge on any atom is 0.272 e. The number of nitrogens with one attached hydrogen (secondary N) is 1. The fourth-order valence-corrected chi connectivity index (χ4v) is 13.7. The van der Waals surface area contributed by atoms with Crippen molar-refractivity contribution >= 4 is 42.1 Å². The molecule has 2 aromatic rings. The number of phosphoric ester groups is 1. The van der Waals surface area contributed by atoms with Gasteiger partial charge in [-0.1, -0.05) is 208 Å². The van der Waals surface area contributed by atoms with Crippen molar-refractivity contribution in [3.8, 4) is 0 Å². The summed E-state index contributed by atoms with van der Waals surface area (Å²) in [7, 11) is -11.5. The Balaban J connectivity index is 0. The average Bonchev–Trinajstić information content (AvgIpc) is 1.13. The van der Waals surface area contributed by atoms with Gasteiger partial charge in [-0.15, -0.1) is 0 Å². The molecule has 0 saturated carbocycles. The van der Waals surface area contributed by atoms with Crippen LogP contribution >= 0.6 is 15.6 Å². The van der Waals surface area contributed by atoms with Gasteiger partial charge < -0.3 is 42.5 Å². The highest BCUT2D eigenvalue weighted by Gasteiger charge is 2.27. The lowest BCUT2D eigenvalue weighted by atomic mass is 10.1. The van der Waals surface area contributed by atoms with Gasteiger partial charge >= 0.3 is 0 Å². The molecule has 0 spiro atoms. The van der Waals surface area contributed by atoms with Gasteiger partial charge in [-0.3, -0.25) is 8.88 Å². The number of unbranched alkanes of at least 4 members (excludes halogenated alkanes) is 12. The maximum absolute atomic E-state index is 12.7. The van der Waals surface area contributed by atoms with Crippen LogP contribution in [0.2, 0.25) is 0 Å². The van der Waals surface area contributed by atoms with Crippen molar-refractivity contribution in [3.63, 3.8) is 0 Å². The number of fused-ring (bicyclic) bond motifs is 1. The summed E-state index contributed by atoms with van der Waals surface area (Å²) in [5, 5.41) is 4.75. The van der Waals surface area contributed by atoms with Crippen LogP contribution in [0.5, 0.6) is 0 Å². The maximum atomic E-state index is 12.7. The van der Waals surface area contributed by atoms with Gasteiger partial charge in [0.1, 0.15) is 0 Å². The number of hydrogen-bond donors (Lipinski definition) is 1. The number of rotatable bonds is 49. The molecule has 2 rings (SSSR count). The Bertz CT molecular complexity index is 2080. The van der Waals surface area contributed by atoms with Crippen LogP contribution in [-0.2, 0) is 28.0 Å². The Hall–Kier alpha value is -1.97. The Labute approximate surface area is 537 Å². The minimum atomic E-state index is -5.70. The average molecular weight is 1290 g/mol. The molecule has 0 aliphatic heterocycles. The summed E-state index contributed by atoms with van der Waals surface area (Å²) in [6, 6.07) is 10.6. The van der Waals surface area contributed by atoms with E-state index in [0.29, 0.717) is 24.8 Å². The summed E-state index contributed by atoms with van der Waals surface area (Å²) in [6.45, 7) is 48.8. The van der Waals surface area contributed by atoms with Crippen LogP contribution in [0, 0.1) is 0 Å². The number of benzene rings is 2. The molecule has 0 amide bonds. The van der Waals surface area contributed by atoms with E-state index >= 15 is 0 Å². The molecule has 0 bridgehead atoms. The van der Waals surface area contributed by atoms with Crippen molar-refractivity contribution in [3.05, 3.63) is 59.7 Å². The smallest absolute Gasteiger partial charge is 0.272 e. The predicted molar refractivity (Wildman–Crippen MR) is 370 cm³/mol. The topological polar surface area (TPSA) is 171 Å². The minimum Gasteiger partial charge on any atom is -0.790 e. The first-order chi connectivity index (χ1) is 41.3. The predicted octanol–water partition coefficient (Wildman–Crippen LogP) is 17.5. The fraction of sp³-hybridized carbons (Fsp3) is 0.800. The van der Waals surface area contributed by atoms with Crippen LogP contribution in [0.1, 0.15) is 264 Å². The molecule has 0 aromatic heterocycles. The SMILES string of the molecule is C/C(=C\COP(=O)([O-])OP(=O)([O-])[O-])CC/C=C(\C)CNc1cccc2c(S(=O)(=O)N(C)C)cccc12.CCCC[N+](CCCC)(CCCC)CCCC.CCCC[N+](CCCC)(CCCC)CCCC.CCCC[N+](CCCC)(CCCC)CCCC. The van der Waals surface area contributed by atoms with Gasteiger partial charge in [0.25, 0.3) is 7.82 Å². The molecule has 2 aromatic carbocycles. The number of hydrogen-bond acceptors (Lipinski definition) is 10. The van der Waals surface area contributed by atoms with Crippen LogP contribution in [0.25, 0.3) is 10.8 Å². The third kappa shape index (κ3) is 40.6. The normalized spacial score (nSPS) is 13.4. The van der Waals surface area contributed by atoms with Gasteiger partial charge in [0, 0.05) is 37.1 Å². The van der Waals surface area contributed by atoms with Gasteiger partial charge in [0.2, 0.25) is 10.0 Å². The Morgan fingerprint density at radius 3 is 1.09 bits per heavy atom. The molecule has 17 heteroatoms. The van der Waals surface area contributed by atoms with Crippen LogP contribution in [0.3, 0.4) is 0 Å². The van der Waals surface area contributed by atoms with Crippen LogP contribution in [-0.4, -0.2) is 132 Å². The highest BCUT2D eigenvalue weighted by molar-refractivity contribution is 7.89. The summed E-state index contributed by atoms with van der Waals surface area (Å²) < 4.78 is 60.1. The summed E-state index contributed by atoms with van der Waals surface area (Å²) >= 11 is 0. The van der Waals surface area contributed by atoms with Gasteiger partial charge in [0.15, 0.2) is 0 Å². The zero-order valence-electron chi connectivity index (χ0n) is 59.2. The largest absolute Gasteiger partial charge is 0.790 e. The van der Waals surface area contributed by atoms with E-state index in [1.54, 1.807) is 31.2 Å². The first kappa shape index (κ1) is 87.1. The number of anilines is 1. The monoisotopic (exact) mass is 1290 g/mol. The molecule has 1 atom stereocenters. The van der Waals surface area contributed by atoms with Crippen molar-refractivity contribution in [1.29, 1.82) is 0 Å². The first-order valence-electron chi connectivity index (χ1n) is 35.1. The molecule has 0 radical (unpaired) electrons. The molecule has 0 aliphatic rings. The molecule has 87 heavy (non-hydrogen) atoms. The van der Waals surface area contributed by atoms with Crippen LogP contribution in [0.15, 0.2) is 64.6 Å². The summed E-state index contributed by atoms with van der Waals surface area (Å²) in [5.74, 6) is 0. The van der Waals surface area contributed by atoms with Gasteiger partial charge in [-0.2, -0.15) is 0 Å². The van der Waals surface area contributed by atoms with E-state index in [9.17, 15) is 32.2 Å². The third-order valence-electron chi connectivity index (χ3n) is 16.9. The standard InChI is InChI=1S/C22H32N2O9P2S.3C16H36N/c1-17(14-15-32-35(28,29)33-34(25,26)27)8-5-9-18(2)16-23-21-12-6-11-20-19(21)10-7-13-22(20)36(30,31)24(3)4;3*1-5-9-13-17(14-10-6-2,15-11-7-3)16-12-8-4/h6-7,9-14,23H,5,8,15-16H2,1-4H3,(H,28,29)(H2,25,26,27);3*5-16H2,1-4H3/q;3*+1/p-3/b17-14+,18-9+;;;. The van der Waals surface area contributed by atoms with E-state index in [2.05, 4.69) is 97.2 Å². The van der Waals surface area contributed by atoms with Crippen molar-refractivity contribution in [2.24, 2.45) is 0 Å². The van der Waals surface area contributed by atoms with Gasteiger partial charge in [0.05, 0.1) is 97.9 Å². The Kier molecular flexibility index (Phi) is 51.6. The lowest BCUT2D eigenvalue weighted by molar-refractivity contribution is -0.929. The number of sulfonamides is 1. The molecule has 0 heterocycles. The van der Waals surface area contributed by atoms with Crippen molar-refractivity contribution in [1.82, 2.24) is 4.31 Å². The Morgan fingerprint density at radius 1 is 0.483 bits per heavy atom.